The highest BCUT2D eigenvalue weighted by Gasteiger charge is 2.47. The Morgan fingerprint density at radius 1 is 0.675 bits per heavy atom. The zero-order valence-corrected chi connectivity index (χ0v) is 23.9. The van der Waals surface area contributed by atoms with E-state index in [0.29, 0.717) is 0 Å². The van der Waals surface area contributed by atoms with E-state index in [1.54, 1.807) is 23.1 Å². The lowest BCUT2D eigenvalue weighted by Crippen LogP contribution is -2.32. The predicted octanol–water partition coefficient (Wildman–Crippen LogP) is 9.32. The van der Waals surface area contributed by atoms with Crippen LogP contribution in [0.1, 0.15) is 24.4 Å². The van der Waals surface area contributed by atoms with Gasteiger partial charge in [-0.1, -0.05) is 84.1 Å². The lowest BCUT2D eigenvalue weighted by atomic mass is 9.80. The van der Waals surface area contributed by atoms with Crippen molar-refractivity contribution in [3.63, 3.8) is 0 Å². The summed E-state index contributed by atoms with van der Waals surface area (Å²) in [6.07, 6.45) is 2.28. The molecule has 4 aromatic carbocycles. The smallest absolute Gasteiger partial charge is 0.286 e. The first kappa shape index (κ1) is 24.8. The summed E-state index contributed by atoms with van der Waals surface area (Å²) >= 11 is 3.47. The van der Waals surface area contributed by atoms with E-state index in [-0.39, 0.29) is 5.41 Å². The first-order valence-corrected chi connectivity index (χ1v) is 14.9. The number of thioether (sulfide) groups is 1. The van der Waals surface area contributed by atoms with Crippen LogP contribution in [0.5, 0.6) is 0 Å². The molecular formula is C34H27N4S2+. The summed E-state index contributed by atoms with van der Waals surface area (Å²) in [6, 6.07) is 41.8. The number of anilines is 3. The van der Waals surface area contributed by atoms with Crippen molar-refractivity contribution in [1.29, 1.82) is 0 Å². The van der Waals surface area contributed by atoms with Crippen molar-refractivity contribution in [2.75, 3.05) is 4.90 Å². The molecule has 0 saturated carbocycles. The number of thiazole rings is 1. The van der Waals surface area contributed by atoms with Gasteiger partial charge in [0.05, 0.1) is 20.9 Å². The molecule has 0 unspecified atom stereocenters. The summed E-state index contributed by atoms with van der Waals surface area (Å²) in [5.74, 6) is 0. The Bertz CT molecular complexity index is 1690. The van der Waals surface area contributed by atoms with Crippen LogP contribution in [0.25, 0.3) is 6.08 Å². The Hall–Kier alpha value is -4.26. The number of allylic oxidation sites excluding steroid dienone is 1. The molecule has 0 N–H and O–H groups in total. The van der Waals surface area contributed by atoms with Crippen LogP contribution in [0.3, 0.4) is 0 Å². The first-order chi connectivity index (χ1) is 19.6. The van der Waals surface area contributed by atoms with Gasteiger partial charge in [0.2, 0.25) is 0 Å². The minimum Gasteiger partial charge on any atom is -0.286 e. The molecule has 2 heterocycles. The molecule has 0 spiro atoms. The summed E-state index contributed by atoms with van der Waals surface area (Å²) in [5, 5.41) is 1.91. The van der Waals surface area contributed by atoms with Crippen molar-refractivity contribution in [2.45, 2.75) is 19.3 Å². The van der Waals surface area contributed by atoms with E-state index in [2.05, 4.69) is 126 Å². The Labute approximate surface area is 242 Å². The quantitative estimate of drug-likeness (QED) is 0.203. The SMILES string of the molecule is CC1(C)C2=NC(=[N+](c3ccccc3)c3ccccc3)SC2=Cc2sc(N(c3ccccc3)c3ccccc3)nc21. The number of hydrogen-bond donors (Lipinski definition) is 0. The Morgan fingerprint density at radius 3 is 1.70 bits per heavy atom. The number of aliphatic imine (C=N–C) groups is 1. The normalized spacial score (nSPS) is 15.1. The number of hydrogen-bond acceptors (Lipinski definition) is 4. The van der Waals surface area contributed by atoms with E-state index >= 15 is 0 Å². The van der Waals surface area contributed by atoms with Crippen LogP contribution in [0.2, 0.25) is 0 Å². The number of rotatable bonds is 5. The molecule has 0 saturated heterocycles. The molecule has 1 aliphatic heterocycles. The fraction of sp³-hybridized carbons (Fsp3) is 0.0882. The highest BCUT2D eigenvalue weighted by molar-refractivity contribution is 8.18. The summed E-state index contributed by atoms with van der Waals surface area (Å²) in [6.45, 7) is 4.49. The molecule has 0 radical (unpaired) electrons. The number of fused-ring (bicyclic) bond motifs is 2. The molecule has 6 heteroatoms. The van der Waals surface area contributed by atoms with Gasteiger partial charge in [0, 0.05) is 23.1 Å². The van der Waals surface area contributed by atoms with Crippen molar-refractivity contribution >= 4 is 67.9 Å². The molecule has 2 aliphatic rings. The Balaban J connectivity index is 1.35. The Morgan fingerprint density at radius 2 is 1.18 bits per heavy atom. The standard InChI is InChI=1S/C34H27N4S2/c1-34(2)30-28(39-32(35-30)37(24-15-7-3-8-16-24)25-17-9-4-10-18-25)23-29-31(34)36-33(40-29)38(26-19-11-5-12-20-26)27-21-13-6-14-22-27/h3-23H,1-2H3/q+1. The summed E-state index contributed by atoms with van der Waals surface area (Å²) in [5.41, 5.74) is 6.16. The number of nitrogens with zero attached hydrogens (tertiary/aromatic N) is 4. The molecule has 0 bridgehead atoms. The van der Waals surface area contributed by atoms with Crippen LogP contribution < -0.4 is 9.48 Å². The van der Waals surface area contributed by atoms with E-state index in [1.807, 2.05) is 24.3 Å². The van der Waals surface area contributed by atoms with Gasteiger partial charge in [0.1, 0.15) is 11.4 Å². The molecule has 7 rings (SSSR count). The van der Waals surface area contributed by atoms with Gasteiger partial charge in [-0.05, 0) is 73.4 Å². The maximum atomic E-state index is 5.29. The number of para-hydroxylation sites is 4. The molecule has 194 valence electrons. The fourth-order valence-corrected chi connectivity index (χ4v) is 7.70. The number of aromatic nitrogens is 1. The van der Waals surface area contributed by atoms with E-state index in [1.165, 1.54) is 9.78 Å². The zero-order chi connectivity index (χ0) is 27.1. The second-order valence-electron chi connectivity index (χ2n) is 10.2. The maximum absolute atomic E-state index is 5.29. The van der Waals surface area contributed by atoms with Gasteiger partial charge >= 0.3 is 5.17 Å². The summed E-state index contributed by atoms with van der Waals surface area (Å²) in [7, 11) is 0. The average Bonchev–Trinajstić information content (AvgIpc) is 3.62. The van der Waals surface area contributed by atoms with E-state index < -0.39 is 0 Å². The van der Waals surface area contributed by atoms with E-state index in [0.717, 1.165) is 44.5 Å². The van der Waals surface area contributed by atoms with Gasteiger partial charge in [-0.3, -0.25) is 4.90 Å². The number of benzene rings is 4. The minimum atomic E-state index is -0.346. The molecule has 40 heavy (non-hydrogen) atoms. The molecule has 5 aromatic rings. The summed E-state index contributed by atoms with van der Waals surface area (Å²) in [4.78, 5) is 15.2. The second-order valence-corrected chi connectivity index (χ2v) is 12.2. The topological polar surface area (TPSA) is 31.5 Å². The van der Waals surface area contributed by atoms with E-state index in [9.17, 15) is 0 Å². The molecule has 0 fully saturated rings. The van der Waals surface area contributed by atoms with Gasteiger partial charge < -0.3 is 0 Å². The maximum Gasteiger partial charge on any atom is 0.370 e. The summed E-state index contributed by atoms with van der Waals surface area (Å²) < 4.78 is 2.24. The van der Waals surface area contributed by atoms with Crippen LogP contribution in [0.15, 0.2) is 131 Å². The second kappa shape index (κ2) is 10.0. The highest BCUT2D eigenvalue weighted by Crippen LogP contribution is 2.49. The van der Waals surface area contributed by atoms with Gasteiger partial charge in [0.15, 0.2) is 10.8 Å². The molecular weight excluding hydrogens is 529 g/mol. The third kappa shape index (κ3) is 4.30. The first-order valence-electron chi connectivity index (χ1n) is 13.3. The van der Waals surface area contributed by atoms with Crippen LogP contribution in [-0.4, -0.2) is 15.9 Å². The van der Waals surface area contributed by atoms with Gasteiger partial charge in [-0.2, -0.15) is 4.58 Å². The van der Waals surface area contributed by atoms with Gasteiger partial charge in [0.25, 0.3) is 0 Å². The van der Waals surface area contributed by atoms with Gasteiger partial charge in [-0.15, -0.1) is 0 Å². The van der Waals surface area contributed by atoms with Crippen molar-refractivity contribution in [3.8, 4) is 0 Å². The molecule has 1 aromatic heterocycles. The van der Waals surface area contributed by atoms with Crippen LogP contribution in [-0.2, 0) is 5.41 Å². The highest BCUT2D eigenvalue weighted by atomic mass is 32.2. The van der Waals surface area contributed by atoms with Gasteiger partial charge in [-0.25, -0.2) is 4.98 Å². The van der Waals surface area contributed by atoms with Crippen molar-refractivity contribution in [3.05, 3.63) is 137 Å². The van der Waals surface area contributed by atoms with Crippen LogP contribution in [0, 0.1) is 0 Å². The van der Waals surface area contributed by atoms with E-state index in [4.69, 9.17) is 9.98 Å². The lowest BCUT2D eigenvalue weighted by Gasteiger charge is -2.24. The predicted molar refractivity (Wildman–Crippen MR) is 172 cm³/mol. The minimum absolute atomic E-state index is 0.346. The molecule has 0 atom stereocenters. The van der Waals surface area contributed by atoms with Crippen molar-refractivity contribution < 1.29 is 0 Å². The third-order valence-electron chi connectivity index (χ3n) is 7.17. The Kier molecular flexibility index (Phi) is 6.22. The molecule has 0 amide bonds. The lowest BCUT2D eigenvalue weighted by molar-refractivity contribution is 0.693. The van der Waals surface area contributed by atoms with Crippen LogP contribution in [0.4, 0.5) is 27.9 Å². The zero-order valence-electron chi connectivity index (χ0n) is 22.2. The monoisotopic (exact) mass is 555 g/mol. The van der Waals surface area contributed by atoms with Crippen molar-refractivity contribution in [2.24, 2.45) is 4.99 Å². The fourth-order valence-electron chi connectivity index (χ4n) is 5.20. The largest absolute Gasteiger partial charge is 0.370 e. The van der Waals surface area contributed by atoms with Crippen molar-refractivity contribution in [1.82, 2.24) is 9.56 Å². The third-order valence-corrected chi connectivity index (χ3v) is 9.15. The number of amidine groups is 1. The molecule has 1 aliphatic carbocycles. The average molecular weight is 556 g/mol. The van der Waals surface area contributed by atoms with Crippen LogP contribution >= 0.6 is 23.1 Å². The molecule has 4 nitrogen and oxygen atoms in total.